The van der Waals surface area contributed by atoms with Gasteiger partial charge in [-0.1, -0.05) is 35.9 Å². The van der Waals surface area contributed by atoms with Crippen molar-refractivity contribution in [1.29, 1.82) is 0 Å². The Morgan fingerprint density at radius 1 is 1.02 bits per heavy atom. The molecule has 5 rings (SSSR count). The molecule has 0 radical (unpaired) electrons. The van der Waals surface area contributed by atoms with Gasteiger partial charge >= 0.3 is 11.9 Å². The van der Waals surface area contributed by atoms with E-state index in [1.54, 1.807) is 13.2 Å². The van der Waals surface area contributed by atoms with E-state index in [1.165, 1.54) is 18.6 Å². The van der Waals surface area contributed by atoms with Crippen LogP contribution in [0.4, 0.5) is 0 Å². The molecule has 6 atom stereocenters. The summed E-state index contributed by atoms with van der Waals surface area (Å²) in [6.45, 7) is 8.61. The van der Waals surface area contributed by atoms with E-state index in [2.05, 4.69) is 26.8 Å². The number of benzene rings is 2. The number of carbonyl (C=O) groups excluding carboxylic acids is 2. The van der Waals surface area contributed by atoms with E-state index < -0.39 is 5.97 Å². The summed E-state index contributed by atoms with van der Waals surface area (Å²) in [5, 5.41) is 0. The highest BCUT2D eigenvalue weighted by Crippen LogP contribution is 2.59. The smallest absolute Gasteiger partial charge is 0.331 e. The van der Waals surface area contributed by atoms with Gasteiger partial charge in [-0.3, -0.25) is 4.79 Å². The summed E-state index contributed by atoms with van der Waals surface area (Å²) in [4.78, 5) is 23.8. The Kier molecular flexibility index (Phi) is 8.87. The van der Waals surface area contributed by atoms with Crippen molar-refractivity contribution in [3.05, 3.63) is 77.4 Å². The molecule has 1 spiro atoms. The highest BCUT2D eigenvalue weighted by Gasteiger charge is 2.72. The normalized spacial score (nSPS) is 29.6. The van der Waals surface area contributed by atoms with Crippen molar-refractivity contribution in [2.45, 2.75) is 83.1 Å². The van der Waals surface area contributed by atoms with Gasteiger partial charge in [0.15, 0.2) is 0 Å². The third-order valence-corrected chi connectivity index (χ3v) is 8.40. The lowest BCUT2D eigenvalue weighted by Crippen LogP contribution is -2.55. The zero-order valence-electron chi connectivity index (χ0n) is 25.0. The van der Waals surface area contributed by atoms with Crippen LogP contribution in [0.3, 0.4) is 0 Å². The van der Waals surface area contributed by atoms with Gasteiger partial charge in [-0.25, -0.2) is 4.79 Å². The molecule has 3 aliphatic rings. The molecule has 42 heavy (non-hydrogen) atoms. The fourth-order valence-electron chi connectivity index (χ4n) is 6.04. The number of methoxy groups -OCH3 is 1. The van der Waals surface area contributed by atoms with E-state index in [1.807, 2.05) is 48.5 Å². The van der Waals surface area contributed by atoms with Crippen molar-refractivity contribution in [2.75, 3.05) is 13.7 Å². The highest BCUT2D eigenvalue weighted by molar-refractivity contribution is 5.87. The van der Waals surface area contributed by atoms with Crippen molar-refractivity contribution in [2.24, 2.45) is 5.92 Å². The first-order valence-electron chi connectivity index (χ1n) is 14.5. The van der Waals surface area contributed by atoms with Gasteiger partial charge in [-0.15, -0.1) is 0 Å². The van der Waals surface area contributed by atoms with Crippen molar-refractivity contribution < 1.29 is 38.0 Å². The summed E-state index contributed by atoms with van der Waals surface area (Å²) in [7, 11) is 1.67. The van der Waals surface area contributed by atoms with E-state index in [4.69, 9.17) is 28.4 Å². The van der Waals surface area contributed by atoms with Gasteiger partial charge in [0.1, 0.15) is 41.5 Å². The molecule has 1 aliphatic carbocycles. The molecular formula is C34H40O8. The molecular weight excluding hydrogens is 536 g/mol. The molecule has 224 valence electrons. The Labute approximate surface area is 247 Å². The molecule has 1 saturated carbocycles. The van der Waals surface area contributed by atoms with Gasteiger partial charge in [0, 0.05) is 20.1 Å². The maximum Gasteiger partial charge on any atom is 0.331 e. The number of carbonyl (C=O) groups is 2. The maximum absolute atomic E-state index is 12.9. The van der Waals surface area contributed by atoms with Crippen molar-refractivity contribution >= 4 is 18.0 Å². The molecule has 2 aromatic rings. The van der Waals surface area contributed by atoms with Gasteiger partial charge in [-0.2, -0.15) is 0 Å². The Bertz CT molecular complexity index is 1320. The second-order valence-corrected chi connectivity index (χ2v) is 11.8. The van der Waals surface area contributed by atoms with E-state index in [9.17, 15) is 9.59 Å². The lowest BCUT2D eigenvalue weighted by atomic mass is 9.68. The second-order valence-electron chi connectivity index (χ2n) is 11.8. The van der Waals surface area contributed by atoms with Gasteiger partial charge < -0.3 is 28.4 Å². The summed E-state index contributed by atoms with van der Waals surface area (Å²) in [6.07, 6.45) is 7.13. The quantitative estimate of drug-likeness (QED) is 0.136. The minimum absolute atomic E-state index is 0.0151. The SMILES string of the molecule is CO[C@@H]1[C@H](OC(=O)/C=C/c2ccc(Oc3ccc(COC(C)=O)cc3)cc2)CC[C@]2(CO2)[C@H]1[C@@]1(C)O[C@H]1CC=C(C)C. The summed E-state index contributed by atoms with van der Waals surface area (Å²) in [6, 6.07) is 14.8. The van der Waals surface area contributed by atoms with Gasteiger partial charge in [-0.05, 0) is 81.5 Å². The molecule has 2 aromatic carbocycles. The number of allylic oxidation sites excluding steroid dienone is 1. The standard InChI is InChI=1S/C34H40O8/c1-22(2)6-16-29-33(4,42-29)32-31(37-5)28(18-19-34(32)21-39-34)41-30(36)17-11-24-7-12-26(13-8-24)40-27-14-9-25(10-15-27)20-38-23(3)35/h6-15,17,28-29,31-32H,16,18-21H2,1-5H3/b17-11+/t28-,29+,31-,32-,33+,34+/m1/s1. The number of ether oxygens (including phenoxy) is 6. The first kappa shape index (κ1) is 30.0. The van der Waals surface area contributed by atoms with E-state index in [-0.39, 0.29) is 48.0 Å². The molecule has 3 fully saturated rings. The largest absolute Gasteiger partial charge is 0.461 e. The second kappa shape index (κ2) is 12.4. The Hall–Kier alpha value is -3.46. The van der Waals surface area contributed by atoms with Crippen LogP contribution in [-0.4, -0.2) is 55.2 Å². The number of esters is 2. The molecule has 2 aliphatic heterocycles. The summed E-state index contributed by atoms with van der Waals surface area (Å²) in [5.41, 5.74) is 2.35. The summed E-state index contributed by atoms with van der Waals surface area (Å²) < 4.78 is 35.1. The molecule has 8 nitrogen and oxygen atoms in total. The molecule has 0 aromatic heterocycles. The molecule has 0 bridgehead atoms. The lowest BCUT2D eigenvalue weighted by Gasteiger charge is -2.42. The third-order valence-electron chi connectivity index (χ3n) is 8.40. The van der Waals surface area contributed by atoms with Crippen LogP contribution in [0, 0.1) is 5.92 Å². The van der Waals surface area contributed by atoms with Crippen LogP contribution in [0.15, 0.2) is 66.3 Å². The van der Waals surface area contributed by atoms with Crippen molar-refractivity contribution in [3.8, 4) is 11.5 Å². The predicted molar refractivity (Wildman–Crippen MR) is 157 cm³/mol. The topological polar surface area (TPSA) is 96.1 Å². The zero-order chi connectivity index (χ0) is 29.9. The summed E-state index contributed by atoms with van der Waals surface area (Å²) >= 11 is 0. The number of epoxide rings is 2. The number of rotatable bonds is 11. The average Bonchev–Trinajstić information content (AvgIpc) is 3.88. The van der Waals surface area contributed by atoms with Crippen LogP contribution in [0.5, 0.6) is 11.5 Å². The Morgan fingerprint density at radius 2 is 1.69 bits per heavy atom. The van der Waals surface area contributed by atoms with Gasteiger partial charge in [0.05, 0.1) is 18.6 Å². The number of hydrogen-bond acceptors (Lipinski definition) is 8. The van der Waals surface area contributed by atoms with Crippen LogP contribution in [0.1, 0.15) is 58.1 Å². The first-order valence-corrected chi connectivity index (χ1v) is 14.5. The molecule has 0 amide bonds. The van der Waals surface area contributed by atoms with Crippen LogP contribution in [0.2, 0.25) is 0 Å². The highest BCUT2D eigenvalue weighted by atomic mass is 16.6. The van der Waals surface area contributed by atoms with Crippen molar-refractivity contribution in [1.82, 2.24) is 0 Å². The van der Waals surface area contributed by atoms with Crippen molar-refractivity contribution in [3.63, 3.8) is 0 Å². The van der Waals surface area contributed by atoms with Gasteiger partial charge in [0.2, 0.25) is 0 Å². The fraction of sp³-hybridized carbons (Fsp3) is 0.471. The Morgan fingerprint density at radius 3 is 2.29 bits per heavy atom. The minimum Gasteiger partial charge on any atom is -0.461 e. The average molecular weight is 577 g/mol. The van der Waals surface area contributed by atoms with Crippen LogP contribution < -0.4 is 4.74 Å². The minimum atomic E-state index is -0.411. The van der Waals surface area contributed by atoms with Crippen LogP contribution >= 0.6 is 0 Å². The molecule has 0 unspecified atom stereocenters. The Balaban J connectivity index is 1.16. The molecule has 2 saturated heterocycles. The lowest BCUT2D eigenvalue weighted by molar-refractivity contribution is -0.166. The molecule has 0 N–H and O–H groups in total. The zero-order valence-corrected chi connectivity index (χ0v) is 25.0. The predicted octanol–water partition coefficient (Wildman–Crippen LogP) is 6.17. The molecule has 2 heterocycles. The first-order chi connectivity index (χ1) is 20.1. The van der Waals surface area contributed by atoms with E-state index in [0.717, 1.165) is 24.0 Å². The fourth-order valence-corrected chi connectivity index (χ4v) is 6.04. The van der Waals surface area contributed by atoms with E-state index >= 15 is 0 Å². The monoisotopic (exact) mass is 576 g/mol. The molecule has 8 heteroatoms. The van der Waals surface area contributed by atoms with Crippen LogP contribution in [-0.2, 0) is 39.9 Å². The maximum atomic E-state index is 12.9. The third kappa shape index (κ3) is 6.94. The van der Waals surface area contributed by atoms with Gasteiger partial charge in [0.25, 0.3) is 0 Å². The van der Waals surface area contributed by atoms with E-state index in [0.29, 0.717) is 24.5 Å². The van der Waals surface area contributed by atoms with Crippen LogP contribution in [0.25, 0.3) is 6.08 Å². The number of hydrogen-bond donors (Lipinski definition) is 0. The summed E-state index contributed by atoms with van der Waals surface area (Å²) in [5.74, 6) is 0.583.